The predicted molar refractivity (Wildman–Crippen MR) is 62.2 cm³/mol. The third-order valence-corrected chi connectivity index (χ3v) is 4.08. The topological polar surface area (TPSA) is 12.5 Å². The molecule has 1 fully saturated rings. The van der Waals surface area contributed by atoms with E-state index in [0.717, 1.165) is 23.5 Å². The Morgan fingerprint density at radius 1 is 1.21 bits per heavy atom. The van der Waals surface area contributed by atoms with Crippen LogP contribution in [0.2, 0.25) is 0 Å². The Hall–Kier alpha value is -1.40. The van der Waals surface area contributed by atoms with E-state index in [-0.39, 0.29) is 17.0 Å². The van der Waals surface area contributed by atoms with Gasteiger partial charge in [-0.25, -0.2) is 8.78 Å². The first-order valence-corrected chi connectivity index (χ1v) is 6.37. The molecule has 0 bridgehead atoms. The van der Waals surface area contributed by atoms with E-state index in [1.54, 1.807) is 0 Å². The zero-order valence-corrected chi connectivity index (χ0v) is 10.3. The largest absolute Gasteiger partial charge is 0.357 e. The van der Waals surface area contributed by atoms with Gasteiger partial charge in [-0.15, -0.1) is 11.3 Å². The van der Waals surface area contributed by atoms with Gasteiger partial charge in [0.05, 0.1) is 11.5 Å². The lowest BCUT2D eigenvalue weighted by atomic mass is 9.91. The fraction of sp³-hybridized carbons (Fsp3) is 0.231. The van der Waals surface area contributed by atoms with Crippen molar-refractivity contribution in [3.8, 4) is 0 Å². The van der Waals surface area contributed by atoms with Gasteiger partial charge in [0.2, 0.25) is 0 Å². The fourth-order valence-electron chi connectivity index (χ4n) is 2.05. The second-order valence-electron chi connectivity index (χ2n) is 4.29. The molecular formula is C13H8F4OS. The van der Waals surface area contributed by atoms with E-state index >= 15 is 0 Å². The van der Waals surface area contributed by atoms with Crippen LogP contribution in [0.25, 0.3) is 0 Å². The van der Waals surface area contributed by atoms with E-state index < -0.39 is 23.2 Å². The fourth-order valence-corrected chi connectivity index (χ4v) is 2.83. The molecule has 2 heterocycles. The lowest BCUT2D eigenvalue weighted by Gasteiger charge is -2.23. The summed E-state index contributed by atoms with van der Waals surface area (Å²) in [5.41, 5.74) is -2.33. The summed E-state index contributed by atoms with van der Waals surface area (Å²) in [6.45, 7) is -0.291. The molecule has 6 heteroatoms. The smallest absolute Gasteiger partial charge is 0.316 e. The van der Waals surface area contributed by atoms with Crippen molar-refractivity contribution in [1.82, 2.24) is 0 Å². The van der Waals surface area contributed by atoms with Crippen molar-refractivity contribution < 1.29 is 22.3 Å². The molecular weight excluding hydrogens is 280 g/mol. The van der Waals surface area contributed by atoms with Gasteiger partial charge in [0.15, 0.2) is 5.60 Å². The maximum atomic E-state index is 14.4. The highest BCUT2D eigenvalue weighted by Crippen LogP contribution is 2.57. The molecule has 3 rings (SSSR count). The van der Waals surface area contributed by atoms with Crippen LogP contribution in [-0.4, -0.2) is 6.61 Å². The molecule has 1 aliphatic rings. The maximum absolute atomic E-state index is 14.4. The van der Waals surface area contributed by atoms with Crippen molar-refractivity contribution >= 4 is 11.3 Å². The summed E-state index contributed by atoms with van der Waals surface area (Å²) < 4.78 is 60.3. The van der Waals surface area contributed by atoms with E-state index in [4.69, 9.17) is 4.74 Å². The number of halogens is 4. The van der Waals surface area contributed by atoms with Crippen LogP contribution >= 0.6 is 11.3 Å². The molecule has 0 spiro atoms. The van der Waals surface area contributed by atoms with Gasteiger partial charge in [0.1, 0.15) is 11.6 Å². The van der Waals surface area contributed by atoms with Gasteiger partial charge in [-0.2, -0.15) is 8.78 Å². The summed E-state index contributed by atoms with van der Waals surface area (Å²) in [5.74, 6) is -5.18. The summed E-state index contributed by atoms with van der Waals surface area (Å²) >= 11 is 0.874. The van der Waals surface area contributed by atoms with Crippen molar-refractivity contribution in [2.45, 2.75) is 11.5 Å². The molecule has 0 N–H and O–H groups in total. The Morgan fingerprint density at radius 3 is 2.47 bits per heavy atom. The number of hydrogen-bond donors (Lipinski definition) is 0. The van der Waals surface area contributed by atoms with Crippen molar-refractivity contribution in [3.05, 3.63) is 57.8 Å². The normalized spacial score (nSPS) is 22.5. The quantitative estimate of drug-likeness (QED) is 0.613. The molecule has 0 saturated carbocycles. The molecule has 1 saturated heterocycles. The Bertz CT molecular complexity index is 605. The Balaban J connectivity index is 2.08. The third kappa shape index (κ3) is 1.78. The average molecular weight is 288 g/mol. The van der Waals surface area contributed by atoms with E-state index in [1.807, 2.05) is 0 Å². The summed E-state index contributed by atoms with van der Waals surface area (Å²) in [4.78, 5) is -0.200. The van der Waals surface area contributed by atoms with E-state index in [0.29, 0.717) is 6.07 Å². The first-order valence-electron chi connectivity index (χ1n) is 5.49. The molecule has 1 aromatic carbocycles. The zero-order valence-electron chi connectivity index (χ0n) is 9.50. The molecule has 19 heavy (non-hydrogen) atoms. The lowest BCUT2D eigenvalue weighted by Crippen LogP contribution is -2.32. The summed E-state index contributed by atoms with van der Waals surface area (Å²) in [6, 6.07) is 5.31. The number of alkyl halides is 2. The van der Waals surface area contributed by atoms with E-state index in [9.17, 15) is 17.6 Å². The van der Waals surface area contributed by atoms with Crippen LogP contribution in [0.3, 0.4) is 0 Å². The first kappa shape index (κ1) is 12.6. The second kappa shape index (κ2) is 4.05. The van der Waals surface area contributed by atoms with Gasteiger partial charge in [0, 0.05) is 11.6 Å². The first-order chi connectivity index (χ1) is 8.97. The molecule has 0 amide bonds. The zero-order chi connectivity index (χ0) is 13.7. The molecule has 1 unspecified atom stereocenters. The number of benzene rings is 1. The molecule has 1 aliphatic heterocycles. The van der Waals surface area contributed by atoms with Crippen molar-refractivity contribution in [3.63, 3.8) is 0 Å². The SMILES string of the molecule is Fc1ccc(C2(C(F)(F)c3cccs3)CO2)c(F)c1. The molecule has 0 aliphatic carbocycles. The second-order valence-corrected chi connectivity index (χ2v) is 5.24. The van der Waals surface area contributed by atoms with E-state index in [2.05, 4.69) is 0 Å². The number of rotatable bonds is 3. The van der Waals surface area contributed by atoms with E-state index in [1.165, 1.54) is 17.5 Å². The van der Waals surface area contributed by atoms with Crippen LogP contribution < -0.4 is 0 Å². The molecule has 0 radical (unpaired) electrons. The van der Waals surface area contributed by atoms with Gasteiger partial charge in [-0.05, 0) is 23.6 Å². The number of thiophene rings is 1. The average Bonchev–Trinajstić information content (AvgIpc) is 2.97. The molecule has 1 atom stereocenters. The Labute approximate surface area is 110 Å². The third-order valence-electron chi connectivity index (χ3n) is 3.14. The summed E-state index contributed by atoms with van der Waals surface area (Å²) in [7, 11) is 0. The van der Waals surface area contributed by atoms with Crippen LogP contribution in [0, 0.1) is 11.6 Å². The van der Waals surface area contributed by atoms with Gasteiger partial charge < -0.3 is 4.74 Å². The number of hydrogen-bond acceptors (Lipinski definition) is 2. The number of epoxide rings is 1. The van der Waals surface area contributed by atoms with Crippen molar-refractivity contribution in [2.75, 3.05) is 6.61 Å². The van der Waals surface area contributed by atoms with Crippen LogP contribution in [0.4, 0.5) is 17.6 Å². The van der Waals surface area contributed by atoms with Gasteiger partial charge in [-0.1, -0.05) is 6.07 Å². The minimum atomic E-state index is -3.35. The maximum Gasteiger partial charge on any atom is 0.316 e. The molecule has 2 aromatic rings. The van der Waals surface area contributed by atoms with Crippen LogP contribution in [0.1, 0.15) is 10.4 Å². The summed E-state index contributed by atoms with van der Waals surface area (Å²) in [5, 5.41) is 1.51. The highest BCUT2D eigenvalue weighted by atomic mass is 32.1. The van der Waals surface area contributed by atoms with Gasteiger partial charge >= 0.3 is 5.92 Å². The predicted octanol–water partition coefficient (Wildman–Crippen LogP) is 4.04. The highest BCUT2D eigenvalue weighted by molar-refractivity contribution is 7.10. The standard InChI is InChI=1S/C13H8F4OS/c14-8-3-4-9(10(15)6-8)12(7-18-12)13(16,17)11-2-1-5-19-11/h1-6H,7H2. The molecule has 1 nitrogen and oxygen atoms in total. The van der Waals surface area contributed by atoms with Crippen molar-refractivity contribution in [1.29, 1.82) is 0 Å². The van der Waals surface area contributed by atoms with Crippen LogP contribution in [0.5, 0.6) is 0 Å². The molecule has 100 valence electrons. The van der Waals surface area contributed by atoms with Crippen molar-refractivity contribution in [2.24, 2.45) is 0 Å². The number of ether oxygens (including phenoxy) is 1. The Morgan fingerprint density at radius 2 is 1.95 bits per heavy atom. The lowest BCUT2D eigenvalue weighted by molar-refractivity contribution is -0.0834. The molecule has 1 aromatic heterocycles. The van der Waals surface area contributed by atoms with Crippen LogP contribution in [-0.2, 0) is 16.3 Å². The monoisotopic (exact) mass is 288 g/mol. The highest BCUT2D eigenvalue weighted by Gasteiger charge is 2.67. The van der Waals surface area contributed by atoms with Gasteiger partial charge in [0.25, 0.3) is 0 Å². The van der Waals surface area contributed by atoms with Crippen LogP contribution in [0.15, 0.2) is 35.7 Å². The minimum absolute atomic E-state index is 0.200. The van der Waals surface area contributed by atoms with Gasteiger partial charge in [-0.3, -0.25) is 0 Å². The Kier molecular flexibility index (Phi) is 2.69. The summed E-state index contributed by atoms with van der Waals surface area (Å²) in [6.07, 6.45) is 0. The minimum Gasteiger partial charge on any atom is -0.357 e.